The van der Waals surface area contributed by atoms with Gasteiger partial charge in [-0.05, 0) is 13.3 Å². The Kier molecular flexibility index (Phi) is 11.0. The number of guanidine groups is 1. The molecule has 0 radical (unpaired) electrons. The summed E-state index contributed by atoms with van der Waals surface area (Å²) in [5.74, 6) is 0.806. The lowest BCUT2D eigenvalue weighted by atomic mass is 10.4. The van der Waals surface area contributed by atoms with Gasteiger partial charge < -0.3 is 20.1 Å². The molecule has 0 unspecified atom stereocenters. The lowest BCUT2D eigenvalue weighted by molar-refractivity contribution is 0.0698. The second-order valence-corrected chi connectivity index (χ2v) is 5.78. The summed E-state index contributed by atoms with van der Waals surface area (Å²) in [5, 5.41) is 8.57. The van der Waals surface area contributed by atoms with Gasteiger partial charge in [-0.1, -0.05) is 0 Å². The Morgan fingerprint density at radius 2 is 2.21 bits per heavy atom. The van der Waals surface area contributed by atoms with Crippen LogP contribution in [0, 0.1) is 0 Å². The minimum absolute atomic E-state index is 0. The number of hydrogen-bond acceptors (Lipinski definition) is 5. The Morgan fingerprint density at radius 1 is 1.33 bits per heavy atom. The van der Waals surface area contributed by atoms with Gasteiger partial charge >= 0.3 is 0 Å². The van der Waals surface area contributed by atoms with Crippen LogP contribution in [-0.4, -0.2) is 55.4 Å². The number of halogens is 1. The van der Waals surface area contributed by atoms with Gasteiger partial charge in [0.25, 0.3) is 0 Å². The van der Waals surface area contributed by atoms with E-state index in [1.165, 1.54) is 0 Å². The van der Waals surface area contributed by atoms with E-state index in [2.05, 4.69) is 27.5 Å². The van der Waals surface area contributed by atoms with Gasteiger partial charge in [0.2, 0.25) is 0 Å². The van der Waals surface area contributed by atoms with E-state index in [4.69, 9.17) is 9.47 Å². The van der Waals surface area contributed by atoms with Gasteiger partial charge in [-0.25, -0.2) is 9.98 Å². The van der Waals surface area contributed by atoms with Crippen LogP contribution in [-0.2, 0) is 16.0 Å². The molecule has 0 atom stereocenters. The van der Waals surface area contributed by atoms with E-state index >= 15 is 0 Å². The normalized spacial score (nSPS) is 11.5. The van der Waals surface area contributed by atoms with Crippen molar-refractivity contribution in [3.05, 3.63) is 23.5 Å². The van der Waals surface area contributed by atoms with Crippen molar-refractivity contribution in [2.75, 3.05) is 40.0 Å². The first-order valence-corrected chi connectivity index (χ1v) is 8.71. The maximum absolute atomic E-state index is 5.43. The molecule has 136 valence electrons. The number of nitrogens with zero attached hydrogens (tertiary/aromatic N) is 3. The highest BCUT2D eigenvalue weighted by molar-refractivity contribution is 14.0. The molecule has 0 aliphatic carbocycles. The van der Waals surface area contributed by atoms with E-state index in [9.17, 15) is 0 Å². The number of ether oxygens (including phenoxy) is 2. The van der Waals surface area contributed by atoms with E-state index in [-0.39, 0.29) is 24.0 Å². The molecule has 2 heterocycles. The van der Waals surface area contributed by atoms with Crippen LogP contribution in [0.3, 0.4) is 0 Å². The van der Waals surface area contributed by atoms with Crippen LogP contribution in [0.4, 0.5) is 0 Å². The van der Waals surface area contributed by atoms with Crippen molar-refractivity contribution in [1.82, 2.24) is 20.0 Å². The fourth-order valence-electron chi connectivity index (χ4n) is 1.98. The fraction of sp³-hybridized carbons (Fsp3) is 0.600. The third kappa shape index (κ3) is 7.32. The highest BCUT2D eigenvalue weighted by Crippen LogP contribution is 2.11. The first kappa shape index (κ1) is 21.1. The molecule has 0 amide bonds. The molecule has 0 fully saturated rings. The molecule has 0 aliphatic heterocycles. The van der Waals surface area contributed by atoms with Crippen LogP contribution in [0.15, 0.2) is 22.8 Å². The molecule has 0 bridgehead atoms. The van der Waals surface area contributed by atoms with E-state index in [1.807, 2.05) is 22.2 Å². The maximum atomic E-state index is 5.43. The predicted octanol–water partition coefficient (Wildman–Crippen LogP) is 2.12. The third-order valence-electron chi connectivity index (χ3n) is 3.08. The monoisotopic (exact) mass is 467 g/mol. The predicted molar refractivity (Wildman–Crippen MR) is 109 cm³/mol. The Balaban J connectivity index is 0.00000288. The molecule has 0 saturated carbocycles. The van der Waals surface area contributed by atoms with Gasteiger partial charge in [-0.3, -0.25) is 4.40 Å². The summed E-state index contributed by atoms with van der Waals surface area (Å²) in [6, 6.07) is 0. The number of aliphatic imine (C=N–C) groups is 1. The second kappa shape index (κ2) is 12.5. The summed E-state index contributed by atoms with van der Waals surface area (Å²) in [4.78, 5) is 10.1. The lowest BCUT2D eigenvalue weighted by Gasteiger charge is -2.11. The SMILES string of the molecule is CCNC(=NCc1cn2ccsc2n1)NCCCOCCOC.I. The Labute approximate surface area is 163 Å². The number of nitrogens with one attached hydrogen (secondary N) is 2. The van der Waals surface area contributed by atoms with Crippen LogP contribution >= 0.6 is 35.3 Å². The van der Waals surface area contributed by atoms with Crippen LogP contribution in [0.1, 0.15) is 19.0 Å². The van der Waals surface area contributed by atoms with Gasteiger partial charge in [0.05, 0.1) is 25.5 Å². The number of methoxy groups -OCH3 is 1. The van der Waals surface area contributed by atoms with E-state index < -0.39 is 0 Å². The minimum atomic E-state index is 0. The average molecular weight is 467 g/mol. The summed E-state index contributed by atoms with van der Waals surface area (Å²) >= 11 is 1.63. The highest BCUT2D eigenvalue weighted by Gasteiger charge is 2.02. The molecule has 2 N–H and O–H groups in total. The molecule has 9 heteroatoms. The zero-order chi connectivity index (χ0) is 16.3. The lowest BCUT2D eigenvalue weighted by Crippen LogP contribution is -2.38. The zero-order valence-corrected chi connectivity index (χ0v) is 17.3. The number of imidazole rings is 1. The van der Waals surface area contributed by atoms with Gasteiger partial charge in [-0.15, -0.1) is 35.3 Å². The first-order valence-electron chi connectivity index (χ1n) is 7.83. The molecule has 24 heavy (non-hydrogen) atoms. The van der Waals surface area contributed by atoms with Crippen molar-refractivity contribution in [1.29, 1.82) is 0 Å². The molecule has 0 aliphatic rings. The van der Waals surface area contributed by atoms with Crippen LogP contribution in [0.5, 0.6) is 0 Å². The topological polar surface area (TPSA) is 72.2 Å². The van der Waals surface area contributed by atoms with E-state index in [0.29, 0.717) is 26.4 Å². The van der Waals surface area contributed by atoms with Crippen molar-refractivity contribution < 1.29 is 9.47 Å². The number of hydrogen-bond donors (Lipinski definition) is 2. The van der Waals surface area contributed by atoms with Crippen LogP contribution < -0.4 is 10.6 Å². The molecular formula is C15H26IN5O2S. The fourth-order valence-corrected chi connectivity index (χ4v) is 2.70. The van der Waals surface area contributed by atoms with Gasteiger partial charge in [-0.2, -0.15) is 0 Å². The summed E-state index contributed by atoms with van der Waals surface area (Å²) in [5.41, 5.74) is 0.969. The Hall–Kier alpha value is -0.910. The highest BCUT2D eigenvalue weighted by atomic mass is 127. The Bertz CT molecular complexity index is 573. The molecule has 2 aromatic rings. The van der Waals surface area contributed by atoms with Gasteiger partial charge in [0.1, 0.15) is 0 Å². The molecule has 2 aromatic heterocycles. The number of fused-ring (bicyclic) bond motifs is 1. The quantitative estimate of drug-likeness (QED) is 0.243. The third-order valence-corrected chi connectivity index (χ3v) is 3.85. The standard InChI is InChI=1S/C15H25N5O2S.HI/c1-3-16-14(17-5-4-7-22-9-8-21-2)18-11-13-12-20-6-10-23-15(20)19-13;/h6,10,12H,3-5,7-9,11H2,1-2H3,(H2,16,17,18);1H. The zero-order valence-electron chi connectivity index (χ0n) is 14.2. The van der Waals surface area contributed by atoms with Gasteiger partial charge in [0.15, 0.2) is 10.9 Å². The molecule has 0 spiro atoms. The van der Waals surface area contributed by atoms with Crippen LogP contribution in [0.2, 0.25) is 0 Å². The van der Waals surface area contributed by atoms with Crippen molar-refractivity contribution in [2.24, 2.45) is 4.99 Å². The number of rotatable bonds is 10. The summed E-state index contributed by atoms with van der Waals surface area (Å²) in [6.07, 6.45) is 4.95. The summed E-state index contributed by atoms with van der Waals surface area (Å²) in [6.45, 7) is 6.26. The van der Waals surface area contributed by atoms with Crippen molar-refractivity contribution >= 4 is 46.2 Å². The molecule has 0 aromatic carbocycles. The number of aromatic nitrogens is 2. The minimum Gasteiger partial charge on any atom is -0.382 e. The van der Waals surface area contributed by atoms with Crippen LogP contribution in [0.25, 0.3) is 4.96 Å². The molecule has 0 saturated heterocycles. The second-order valence-electron chi connectivity index (χ2n) is 4.91. The van der Waals surface area contributed by atoms with Crippen molar-refractivity contribution in [2.45, 2.75) is 19.9 Å². The molecular weight excluding hydrogens is 441 g/mol. The molecule has 7 nitrogen and oxygen atoms in total. The average Bonchev–Trinajstić information content (AvgIpc) is 3.13. The Morgan fingerprint density at radius 3 is 2.96 bits per heavy atom. The summed E-state index contributed by atoms with van der Waals surface area (Å²) < 4.78 is 12.4. The van der Waals surface area contributed by atoms with E-state index in [0.717, 1.165) is 36.1 Å². The van der Waals surface area contributed by atoms with E-state index in [1.54, 1.807) is 18.4 Å². The first-order chi connectivity index (χ1) is 11.3. The smallest absolute Gasteiger partial charge is 0.193 e. The number of thiazole rings is 1. The maximum Gasteiger partial charge on any atom is 0.193 e. The van der Waals surface area contributed by atoms with Crippen molar-refractivity contribution in [3.8, 4) is 0 Å². The largest absolute Gasteiger partial charge is 0.382 e. The van der Waals surface area contributed by atoms with Crippen molar-refractivity contribution in [3.63, 3.8) is 0 Å². The summed E-state index contributed by atoms with van der Waals surface area (Å²) in [7, 11) is 1.67. The molecule has 2 rings (SSSR count). The van der Waals surface area contributed by atoms with Gasteiger partial charge in [0, 0.05) is 44.6 Å².